The third-order valence-corrected chi connectivity index (χ3v) is 3.92. The Labute approximate surface area is 116 Å². The topological polar surface area (TPSA) is 37.3 Å². The molecule has 1 aliphatic rings. The van der Waals surface area contributed by atoms with Crippen molar-refractivity contribution in [3.8, 4) is 0 Å². The molecule has 0 aliphatic heterocycles. The minimum atomic E-state index is -0.794. The lowest BCUT2D eigenvalue weighted by Gasteiger charge is -2.17. The van der Waals surface area contributed by atoms with Crippen molar-refractivity contribution in [3.63, 3.8) is 0 Å². The fourth-order valence-electron chi connectivity index (χ4n) is 1.81. The van der Waals surface area contributed by atoms with Crippen LogP contribution >= 0.6 is 11.8 Å². The lowest BCUT2D eigenvalue weighted by atomic mass is 10.0. The molecule has 1 atom stereocenters. The summed E-state index contributed by atoms with van der Waals surface area (Å²) in [5.41, 5.74) is 5.20. The van der Waals surface area contributed by atoms with Crippen LogP contribution in [0.2, 0.25) is 0 Å². The second-order valence-electron chi connectivity index (χ2n) is 4.02. The van der Waals surface area contributed by atoms with Crippen molar-refractivity contribution < 1.29 is 9.90 Å². The van der Waals surface area contributed by atoms with Gasteiger partial charge in [-0.25, -0.2) is 0 Å². The predicted molar refractivity (Wildman–Crippen MR) is 79.2 cm³/mol. The van der Waals surface area contributed by atoms with E-state index in [9.17, 15) is 4.79 Å². The zero-order chi connectivity index (χ0) is 13.5. The molecule has 0 radical (unpaired) electrons. The fraction of sp³-hybridized carbons (Fsp3) is 0.125. The highest BCUT2D eigenvalue weighted by Gasteiger charge is 2.16. The maximum atomic E-state index is 10.8. The summed E-state index contributed by atoms with van der Waals surface area (Å²) in [5.74, 6) is -0.709. The molecule has 1 N–H and O–H groups in total. The number of allylic oxidation sites excluding steroid dienone is 4. The molecule has 2 nitrogen and oxygen atoms in total. The first-order valence-corrected chi connectivity index (χ1v) is 7.00. The number of hydrogen-bond donors (Lipinski definition) is 1. The Balaban J connectivity index is 2.27. The average molecular weight is 270 g/mol. The SMILES string of the molecule is O=C(O)CSC(C1=CC=C=CC=C1)c1ccccc1. The molecule has 1 aromatic carbocycles. The molecule has 1 unspecified atom stereocenters. The molecule has 1 aromatic rings. The number of rotatable bonds is 5. The fourth-order valence-corrected chi connectivity index (χ4v) is 2.82. The van der Waals surface area contributed by atoms with E-state index in [-0.39, 0.29) is 11.0 Å². The Kier molecular flexibility index (Phi) is 4.85. The van der Waals surface area contributed by atoms with E-state index in [4.69, 9.17) is 5.11 Å². The van der Waals surface area contributed by atoms with Gasteiger partial charge in [0, 0.05) is 0 Å². The lowest BCUT2D eigenvalue weighted by Crippen LogP contribution is -2.04. The maximum absolute atomic E-state index is 10.8. The van der Waals surface area contributed by atoms with E-state index < -0.39 is 5.97 Å². The van der Waals surface area contributed by atoms with Gasteiger partial charge in [-0.15, -0.1) is 17.5 Å². The second-order valence-corrected chi connectivity index (χ2v) is 5.11. The van der Waals surface area contributed by atoms with E-state index in [0.717, 1.165) is 11.1 Å². The van der Waals surface area contributed by atoms with Gasteiger partial charge in [0.15, 0.2) is 0 Å². The molecule has 0 aromatic heterocycles. The molecular formula is C16H14O2S. The van der Waals surface area contributed by atoms with Crippen LogP contribution in [0.5, 0.6) is 0 Å². The summed E-state index contributed by atoms with van der Waals surface area (Å²) in [6.45, 7) is 0. The van der Waals surface area contributed by atoms with Gasteiger partial charge < -0.3 is 5.11 Å². The standard InChI is InChI=1S/C16H14O2S/c17-15(18)12-19-16(14-10-6-3-7-11-14)13-8-4-1-2-5-9-13/h1,3-11,16H,12H2,(H,17,18). The van der Waals surface area contributed by atoms with Crippen LogP contribution in [-0.4, -0.2) is 16.8 Å². The van der Waals surface area contributed by atoms with E-state index in [1.54, 1.807) is 0 Å². The molecule has 3 heteroatoms. The largest absolute Gasteiger partial charge is 0.481 e. The summed E-state index contributed by atoms with van der Waals surface area (Å²) in [5, 5.41) is 8.90. The van der Waals surface area contributed by atoms with Crippen molar-refractivity contribution in [3.05, 3.63) is 77.6 Å². The van der Waals surface area contributed by atoms with Crippen LogP contribution in [-0.2, 0) is 4.79 Å². The number of aliphatic carboxylic acids is 1. The van der Waals surface area contributed by atoms with Gasteiger partial charge in [0.2, 0.25) is 0 Å². The van der Waals surface area contributed by atoms with E-state index in [1.807, 2.05) is 60.7 Å². The van der Waals surface area contributed by atoms with Crippen LogP contribution in [0.25, 0.3) is 0 Å². The van der Waals surface area contributed by atoms with Gasteiger partial charge in [-0.3, -0.25) is 4.79 Å². The predicted octanol–water partition coefficient (Wildman–Crippen LogP) is 3.75. The maximum Gasteiger partial charge on any atom is 0.313 e. The lowest BCUT2D eigenvalue weighted by molar-refractivity contribution is -0.133. The highest BCUT2D eigenvalue weighted by Crippen LogP contribution is 2.36. The minimum Gasteiger partial charge on any atom is -0.481 e. The van der Waals surface area contributed by atoms with Crippen molar-refractivity contribution in [2.24, 2.45) is 0 Å². The van der Waals surface area contributed by atoms with E-state index in [2.05, 4.69) is 5.73 Å². The molecule has 0 fully saturated rings. The summed E-state index contributed by atoms with van der Waals surface area (Å²) in [4.78, 5) is 10.8. The molecule has 0 saturated carbocycles. The first-order chi connectivity index (χ1) is 9.27. The van der Waals surface area contributed by atoms with Crippen LogP contribution in [0.4, 0.5) is 0 Å². The number of thioether (sulfide) groups is 1. The van der Waals surface area contributed by atoms with Crippen LogP contribution in [0.15, 0.2) is 72.0 Å². The highest BCUT2D eigenvalue weighted by molar-refractivity contribution is 8.00. The number of carboxylic acids is 1. The highest BCUT2D eigenvalue weighted by atomic mass is 32.2. The first kappa shape index (κ1) is 13.5. The van der Waals surface area contributed by atoms with Gasteiger partial charge >= 0.3 is 5.97 Å². The quantitative estimate of drug-likeness (QED) is 0.828. The molecule has 0 bridgehead atoms. The Morgan fingerprint density at radius 2 is 2.05 bits per heavy atom. The van der Waals surface area contributed by atoms with Gasteiger partial charge in [0.1, 0.15) is 0 Å². The Hall–Kier alpha value is -1.96. The van der Waals surface area contributed by atoms with Gasteiger partial charge in [0.05, 0.1) is 11.0 Å². The summed E-state index contributed by atoms with van der Waals surface area (Å²) < 4.78 is 0. The van der Waals surface area contributed by atoms with Crippen molar-refractivity contribution >= 4 is 17.7 Å². The van der Waals surface area contributed by atoms with Crippen LogP contribution in [0.1, 0.15) is 10.8 Å². The smallest absolute Gasteiger partial charge is 0.313 e. The third-order valence-electron chi connectivity index (χ3n) is 2.63. The van der Waals surface area contributed by atoms with Gasteiger partial charge in [0.25, 0.3) is 0 Å². The molecule has 0 saturated heterocycles. The molecular weight excluding hydrogens is 256 g/mol. The number of hydrogen-bond acceptors (Lipinski definition) is 2. The average Bonchev–Trinajstić information content (AvgIpc) is 2.69. The molecule has 19 heavy (non-hydrogen) atoms. The number of benzene rings is 1. The van der Waals surface area contributed by atoms with E-state index >= 15 is 0 Å². The normalized spacial score (nSPS) is 14.8. The zero-order valence-corrected chi connectivity index (χ0v) is 11.1. The third kappa shape index (κ3) is 4.02. The number of carbonyl (C=O) groups is 1. The van der Waals surface area contributed by atoms with Crippen molar-refractivity contribution in [2.75, 3.05) is 5.75 Å². The summed E-state index contributed by atoms with van der Waals surface area (Å²) in [7, 11) is 0. The number of carboxylic acid groups (broad SMARTS) is 1. The molecule has 96 valence electrons. The van der Waals surface area contributed by atoms with Crippen LogP contribution < -0.4 is 0 Å². The second kappa shape index (κ2) is 6.83. The molecule has 0 heterocycles. The first-order valence-electron chi connectivity index (χ1n) is 5.95. The molecule has 0 spiro atoms. The Morgan fingerprint density at radius 1 is 1.26 bits per heavy atom. The summed E-state index contributed by atoms with van der Waals surface area (Å²) in [6, 6.07) is 9.95. The monoisotopic (exact) mass is 270 g/mol. The Morgan fingerprint density at radius 3 is 2.79 bits per heavy atom. The van der Waals surface area contributed by atoms with E-state index in [0.29, 0.717) is 0 Å². The summed E-state index contributed by atoms with van der Waals surface area (Å²) >= 11 is 1.42. The summed E-state index contributed by atoms with van der Waals surface area (Å²) in [6.07, 6.45) is 9.60. The molecule has 2 rings (SSSR count). The minimum absolute atomic E-state index is 0.0260. The van der Waals surface area contributed by atoms with Gasteiger partial charge in [-0.1, -0.05) is 42.5 Å². The zero-order valence-electron chi connectivity index (χ0n) is 10.3. The van der Waals surface area contributed by atoms with Crippen LogP contribution in [0, 0.1) is 0 Å². The van der Waals surface area contributed by atoms with Crippen molar-refractivity contribution in [1.29, 1.82) is 0 Å². The molecule has 0 amide bonds. The van der Waals surface area contributed by atoms with Crippen LogP contribution in [0.3, 0.4) is 0 Å². The molecule has 1 aliphatic carbocycles. The van der Waals surface area contributed by atoms with Gasteiger partial charge in [-0.05, 0) is 29.4 Å². The van der Waals surface area contributed by atoms with Crippen molar-refractivity contribution in [2.45, 2.75) is 5.25 Å². The van der Waals surface area contributed by atoms with E-state index in [1.165, 1.54) is 11.8 Å². The van der Waals surface area contributed by atoms with Gasteiger partial charge in [-0.2, -0.15) is 0 Å². The Bertz CT molecular complexity index is 564. The van der Waals surface area contributed by atoms with Crippen molar-refractivity contribution in [1.82, 2.24) is 0 Å².